The highest BCUT2D eigenvalue weighted by atomic mass is 16.5. The zero-order valence-corrected chi connectivity index (χ0v) is 9.27. The van der Waals surface area contributed by atoms with Crippen molar-refractivity contribution in [3.8, 4) is 11.8 Å². The average Bonchev–Trinajstić information content (AvgIpc) is 2.29. The lowest BCUT2D eigenvalue weighted by Crippen LogP contribution is -1.97. The first kappa shape index (κ1) is 12.1. The van der Waals surface area contributed by atoms with Gasteiger partial charge in [0.25, 0.3) is 0 Å². The molecule has 2 heteroatoms. The van der Waals surface area contributed by atoms with E-state index in [9.17, 15) is 4.79 Å². The fourth-order valence-electron chi connectivity index (χ4n) is 1.05. The van der Waals surface area contributed by atoms with E-state index in [4.69, 9.17) is 4.74 Å². The largest absolute Gasteiger partial charge is 0.462 e. The van der Waals surface area contributed by atoms with Crippen molar-refractivity contribution < 1.29 is 9.53 Å². The van der Waals surface area contributed by atoms with Crippen LogP contribution in [0.4, 0.5) is 0 Å². The van der Waals surface area contributed by atoms with Gasteiger partial charge < -0.3 is 4.74 Å². The van der Waals surface area contributed by atoms with Crippen LogP contribution in [0.15, 0.2) is 42.5 Å². The van der Waals surface area contributed by atoms with Gasteiger partial charge in [-0.15, -0.1) is 0 Å². The van der Waals surface area contributed by atoms with E-state index < -0.39 is 0 Å². The van der Waals surface area contributed by atoms with Crippen molar-refractivity contribution >= 4 is 5.97 Å². The lowest BCUT2D eigenvalue weighted by molar-refractivity contribution is -0.139. The first-order chi connectivity index (χ1) is 7.79. The maximum absolute atomic E-state index is 10.4. The lowest BCUT2D eigenvalue weighted by atomic mass is 10.2. The summed E-state index contributed by atoms with van der Waals surface area (Å²) in [6.45, 7) is 1.71. The second-order valence-electron chi connectivity index (χ2n) is 3.15. The van der Waals surface area contributed by atoms with Gasteiger partial charge in [0, 0.05) is 18.9 Å². The molecular weight excluding hydrogens is 200 g/mol. The molecule has 0 fully saturated rings. The normalized spacial score (nSPS) is 9.56. The molecule has 0 unspecified atom stereocenters. The summed E-state index contributed by atoms with van der Waals surface area (Å²) in [6.07, 6.45) is 4.34. The van der Waals surface area contributed by atoms with Crippen LogP contribution in [0.25, 0.3) is 0 Å². The van der Waals surface area contributed by atoms with Crippen LogP contribution >= 0.6 is 0 Å². The third-order valence-electron chi connectivity index (χ3n) is 1.78. The highest BCUT2D eigenvalue weighted by molar-refractivity contribution is 5.65. The summed E-state index contributed by atoms with van der Waals surface area (Å²) in [7, 11) is 0. The minimum absolute atomic E-state index is 0.264. The van der Waals surface area contributed by atoms with E-state index >= 15 is 0 Å². The minimum Gasteiger partial charge on any atom is -0.462 e. The SMILES string of the molecule is CC(=O)OCC=CCC#Cc1ccccc1. The molecule has 0 atom stereocenters. The van der Waals surface area contributed by atoms with Crippen LogP contribution in [0.5, 0.6) is 0 Å². The van der Waals surface area contributed by atoms with E-state index in [0.717, 1.165) is 5.56 Å². The molecule has 16 heavy (non-hydrogen) atoms. The standard InChI is InChI=1S/C14H14O2/c1-13(15)16-12-8-3-2-5-9-14-10-6-4-7-11-14/h3-4,6-8,10-11H,2,12H2,1H3. The van der Waals surface area contributed by atoms with Crippen LogP contribution in [-0.2, 0) is 9.53 Å². The van der Waals surface area contributed by atoms with Gasteiger partial charge in [-0.3, -0.25) is 4.79 Å². The number of benzene rings is 1. The van der Waals surface area contributed by atoms with Crippen molar-refractivity contribution in [2.45, 2.75) is 13.3 Å². The second kappa shape index (κ2) is 7.30. The molecule has 0 aliphatic carbocycles. The number of rotatable bonds is 3. The smallest absolute Gasteiger partial charge is 0.302 e. The van der Waals surface area contributed by atoms with Gasteiger partial charge in [0.15, 0.2) is 0 Å². The molecule has 0 N–H and O–H groups in total. The number of carbonyl (C=O) groups is 1. The van der Waals surface area contributed by atoms with E-state index in [1.54, 1.807) is 6.08 Å². The Balaban J connectivity index is 2.25. The molecule has 1 aromatic rings. The van der Waals surface area contributed by atoms with Crippen molar-refractivity contribution in [2.24, 2.45) is 0 Å². The lowest BCUT2D eigenvalue weighted by Gasteiger charge is -1.92. The zero-order valence-electron chi connectivity index (χ0n) is 9.27. The summed E-state index contributed by atoms with van der Waals surface area (Å²) in [5.74, 6) is 5.78. The number of hydrogen-bond donors (Lipinski definition) is 0. The molecule has 0 aromatic heterocycles. The molecule has 2 nitrogen and oxygen atoms in total. The monoisotopic (exact) mass is 214 g/mol. The number of ether oxygens (including phenoxy) is 1. The maximum Gasteiger partial charge on any atom is 0.302 e. The maximum atomic E-state index is 10.4. The van der Waals surface area contributed by atoms with Gasteiger partial charge in [0.1, 0.15) is 6.61 Å². The minimum atomic E-state index is -0.264. The van der Waals surface area contributed by atoms with Crippen molar-refractivity contribution in [3.63, 3.8) is 0 Å². The molecular formula is C14H14O2. The van der Waals surface area contributed by atoms with Gasteiger partial charge in [-0.1, -0.05) is 42.2 Å². The third-order valence-corrected chi connectivity index (χ3v) is 1.78. The predicted molar refractivity (Wildman–Crippen MR) is 63.7 cm³/mol. The summed E-state index contributed by atoms with van der Waals surface area (Å²) in [5.41, 5.74) is 1.01. The van der Waals surface area contributed by atoms with E-state index in [2.05, 4.69) is 11.8 Å². The van der Waals surface area contributed by atoms with E-state index in [1.165, 1.54) is 6.92 Å². The molecule has 0 heterocycles. The molecule has 0 amide bonds. The van der Waals surface area contributed by atoms with Crippen LogP contribution < -0.4 is 0 Å². The van der Waals surface area contributed by atoms with Gasteiger partial charge in [-0.2, -0.15) is 0 Å². The number of carbonyl (C=O) groups excluding carboxylic acids is 1. The molecule has 82 valence electrons. The highest BCUT2D eigenvalue weighted by Gasteiger charge is 1.85. The number of esters is 1. The fraction of sp³-hybridized carbons (Fsp3) is 0.214. The van der Waals surface area contributed by atoms with Crippen LogP contribution in [0.3, 0.4) is 0 Å². The summed E-state index contributed by atoms with van der Waals surface area (Å²) in [4.78, 5) is 10.4. The van der Waals surface area contributed by atoms with Crippen LogP contribution in [0.1, 0.15) is 18.9 Å². The fourth-order valence-corrected chi connectivity index (χ4v) is 1.05. The van der Waals surface area contributed by atoms with Crippen LogP contribution in [0.2, 0.25) is 0 Å². The van der Waals surface area contributed by atoms with E-state index in [1.807, 2.05) is 36.4 Å². The van der Waals surface area contributed by atoms with Gasteiger partial charge in [0.2, 0.25) is 0 Å². The zero-order chi connectivity index (χ0) is 11.6. The van der Waals surface area contributed by atoms with Gasteiger partial charge in [-0.05, 0) is 12.1 Å². The third kappa shape index (κ3) is 5.66. The molecule has 0 aliphatic rings. The second-order valence-corrected chi connectivity index (χ2v) is 3.15. The van der Waals surface area contributed by atoms with Crippen molar-refractivity contribution in [1.29, 1.82) is 0 Å². The Morgan fingerprint density at radius 3 is 2.75 bits per heavy atom. The van der Waals surface area contributed by atoms with Gasteiger partial charge >= 0.3 is 5.97 Å². The Hall–Kier alpha value is -2.01. The van der Waals surface area contributed by atoms with Crippen molar-refractivity contribution in [2.75, 3.05) is 6.61 Å². The van der Waals surface area contributed by atoms with Gasteiger partial charge in [0.05, 0.1) is 0 Å². The van der Waals surface area contributed by atoms with Gasteiger partial charge in [-0.25, -0.2) is 0 Å². The Morgan fingerprint density at radius 2 is 2.06 bits per heavy atom. The first-order valence-electron chi connectivity index (χ1n) is 5.11. The predicted octanol–water partition coefficient (Wildman–Crippen LogP) is 2.55. The summed E-state index contributed by atoms with van der Waals surface area (Å²) in [5, 5.41) is 0. The average molecular weight is 214 g/mol. The molecule has 0 spiro atoms. The first-order valence-corrected chi connectivity index (χ1v) is 5.11. The van der Waals surface area contributed by atoms with Crippen LogP contribution in [-0.4, -0.2) is 12.6 Å². The number of allylic oxidation sites excluding steroid dienone is 1. The number of hydrogen-bond acceptors (Lipinski definition) is 2. The molecule has 0 saturated carbocycles. The highest BCUT2D eigenvalue weighted by Crippen LogP contribution is 1.95. The Morgan fingerprint density at radius 1 is 1.31 bits per heavy atom. The molecule has 0 saturated heterocycles. The molecule has 1 rings (SSSR count). The topological polar surface area (TPSA) is 26.3 Å². The van der Waals surface area contributed by atoms with E-state index in [-0.39, 0.29) is 5.97 Å². The summed E-state index contributed by atoms with van der Waals surface area (Å²) >= 11 is 0. The molecule has 0 aliphatic heterocycles. The molecule has 0 bridgehead atoms. The van der Waals surface area contributed by atoms with Crippen molar-refractivity contribution in [3.05, 3.63) is 48.0 Å². The Bertz CT molecular complexity index is 407. The summed E-state index contributed by atoms with van der Waals surface area (Å²) in [6, 6.07) is 9.82. The Labute approximate surface area is 95.9 Å². The Kier molecular flexibility index (Phi) is 5.51. The molecule has 1 aromatic carbocycles. The quantitative estimate of drug-likeness (QED) is 0.439. The molecule has 0 radical (unpaired) electrons. The summed E-state index contributed by atoms with van der Waals surface area (Å²) < 4.78 is 4.73. The van der Waals surface area contributed by atoms with Crippen molar-refractivity contribution in [1.82, 2.24) is 0 Å². The van der Waals surface area contributed by atoms with E-state index in [0.29, 0.717) is 13.0 Å². The van der Waals surface area contributed by atoms with Crippen LogP contribution in [0, 0.1) is 11.8 Å².